The van der Waals surface area contributed by atoms with E-state index in [9.17, 15) is 4.79 Å². The monoisotopic (exact) mass is 279 g/mol. The SMILES string of the molecule is COCCN(CC(=O)c1ccccc1C)C(C)COC. The molecule has 0 radical (unpaired) electrons. The van der Waals surface area contributed by atoms with Crippen LogP contribution in [-0.4, -0.2) is 57.2 Å². The second kappa shape index (κ2) is 8.84. The van der Waals surface area contributed by atoms with Crippen LogP contribution < -0.4 is 0 Å². The van der Waals surface area contributed by atoms with Gasteiger partial charge in [0.15, 0.2) is 5.78 Å². The predicted molar refractivity (Wildman–Crippen MR) is 80.3 cm³/mol. The number of methoxy groups -OCH3 is 2. The number of nitrogens with zero attached hydrogens (tertiary/aromatic N) is 1. The molecule has 0 saturated carbocycles. The van der Waals surface area contributed by atoms with E-state index in [1.165, 1.54) is 0 Å². The van der Waals surface area contributed by atoms with E-state index < -0.39 is 0 Å². The molecule has 4 heteroatoms. The summed E-state index contributed by atoms with van der Waals surface area (Å²) in [4.78, 5) is 14.5. The van der Waals surface area contributed by atoms with Gasteiger partial charge in [-0.05, 0) is 19.4 Å². The summed E-state index contributed by atoms with van der Waals surface area (Å²) >= 11 is 0. The lowest BCUT2D eigenvalue weighted by atomic mass is 10.0. The van der Waals surface area contributed by atoms with Crippen LogP contribution in [0.25, 0.3) is 0 Å². The minimum atomic E-state index is 0.141. The third-order valence-electron chi connectivity index (χ3n) is 3.41. The van der Waals surface area contributed by atoms with E-state index in [0.717, 1.165) is 17.7 Å². The molecule has 1 aromatic carbocycles. The quantitative estimate of drug-likeness (QED) is 0.649. The van der Waals surface area contributed by atoms with E-state index in [-0.39, 0.29) is 11.8 Å². The van der Waals surface area contributed by atoms with Crippen LogP contribution in [0.5, 0.6) is 0 Å². The zero-order chi connectivity index (χ0) is 15.0. The Bertz CT molecular complexity index is 420. The molecule has 1 unspecified atom stereocenters. The van der Waals surface area contributed by atoms with Crippen LogP contribution in [0.1, 0.15) is 22.8 Å². The standard InChI is InChI=1S/C16H25NO3/c1-13-7-5-6-8-15(13)16(18)11-17(9-10-19-3)14(2)12-20-4/h5-8,14H,9-12H2,1-4H3. The molecule has 1 atom stereocenters. The molecule has 0 bridgehead atoms. The fraction of sp³-hybridized carbons (Fsp3) is 0.562. The highest BCUT2D eigenvalue weighted by atomic mass is 16.5. The van der Waals surface area contributed by atoms with Crippen LogP contribution in [-0.2, 0) is 9.47 Å². The van der Waals surface area contributed by atoms with Crippen molar-refractivity contribution in [2.24, 2.45) is 0 Å². The number of aryl methyl sites for hydroxylation is 1. The zero-order valence-corrected chi connectivity index (χ0v) is 12.9. The lowest BCUT2D eigenvalue weighted by molar-refractivity contribution is 0.0650. The maximum Gasteiger partial charge on any atom is 0.177 e. The summed E-state index contributed by atoms with van der Waals surface area (Å²) in [5.41, 5.74) is 1.81. The van der Waals surface area contributed by atoms with Crippen LogP contribution in [0.3, 0.4) is 0 Å². The van der Waals surface area contributed by atoms with Gasteiger partial charge < -0.3 is 9.47 Å². The van der Waals surface area contributed by atoms with E-state index in [1.807, 2.05) is 31.2 Å². The highest BCUT2D eigenvalue weighted by Gasteiger charge is 2.18. The highest BCUT2D eigenvalue weighted by Crippen LogP contribution is 2.10. The number of carbonyl (C=O) groups is 1. The van der Waals surface area contributed by atoms with Crippen molar-refractivity contribution in [3.8, 4) is 0 Å². The molecular formula is C16H25NO3. The van der Waals surface area contributed by atoms with Crippen molar-refractivity contribution in [3.05, 3.63) is 35.4 Å². The Balaban J connectivity index is 2.73. The van der Waals surface area contributed by atoms with E-state index in [4.69, 9.17) is 9.47 Å². The lowest BCUT2D eigenvalue weighted by Gasteiger charge is -2.27. The van der Waals surface area contributed by atoms with Crippen LogP contribution in [0, 0.1) is 6.92 Å². The van der Waals surface area contributed by atoms with Gasteiger partial charge in [-0.25, -0.2) is 0 Å². The van der Waals surface area contributed by atoms with Gasteiger partial charge in [-0.1, -0.05) is 24.3 Å². The summed E-state index contributed by atoms with van der Waals surface area (Å²) in [6.07, 6.45) is 0. The molecule has 0 heterocycles. The van der Waals surface area contributed by atoms with Crippen molar-refractivity contribution in [1.29, 1.82) is 0 Å². The second-order valence-corrected chi connectivity index (χ2v) is 5.01. The topological polar surface area (TPSA) is 38.8 Å². The average molecular weight is 279 g/mol. The molecule has 1 aromatic rings. The molecule has 0 aliphatic rings. The largest absolute Gasteiger partial charge is 0.383 e. The van der Waals surface area contributed by atoms with Gasteiger partial charge in [0, 0.05) is 32.4 Å². The number of carbonyl (C=O) groups excluding carboxylic acids is 1. The summed E-state index contributed by atoms with van der Waals surface area (Å²) in [6.45, 7) is 6.34. The summed E-state index contributed by atoms with van der Waals surface area (Å²) in [6, 6.07) is 7.88. The van der Waals surface area contributed by atoms with Gasteiger partial charge in [-0.15, -0.1) is 0 Å². The zero-order valence-electron chi connectivity index (χ0n) is 12.9. The molecule has 1 rings (SSSR count). The molecule has 0 fully saturated rings. The van der Waals surface area contributed by atoms with E-state index in [0.29, 0.717) is 19.8 Å². The van der Waals surface area contributed by atoms with Crippen LogP contribution >= 0.6 is 0 Å². The summed E-state index contributed by atoms with van der Waals surface area (Å²) in [5, 5.41) is 0. The number of hydrogen-bond acceptors (Lipinski definition) is 4. The smallest absolute Gasteiger partial charge is 0.177 e. The Kier molecular flexibility index (Phi) is 7.44. The molecule has 112 valence electrons. The third-order valence-corrected chi connectivity index (χ3v) is 3.41. The van der Waals surface area contributed by atoms with Crippen molar-refractivity contribution in [2.75, 3.05) is 40.5 Å². The molecular weight excluding hydrogens is 254 g/mol. The Morgan fingerprint density at radius 3 is 2.55 bits per heavy atom. The number of ketones is 1. The summed E-state index contributed by atoms with van der Waals surface area (Å²) < 4.78 is 10.3. The number of ether oxygens (including phenoxy) is 2. The lowest BCUT2D eigenvalue weighted by Crippen LogP contribution is -2.41. The molecule has 0 spiro atoms. The number of rotatable bonds is 9. The molecule has 0 aromatic heterocycles. The summed E-state index contributed by atoms with van der Waals surface area (Å²) in [7, 11) is 3.34. The molecule has 0 N–H and O–H groups in total. The fourth-order valence-corrected chi connectivity index (χ4v) is 2.17. The minimum Gasteiger partial charge on any atom is -0.383 e. The first-order valence-electron chi connectivity index (χ1n) is 6.91. The van der Waals surface area contributed by atoms with Crippen LogP contribution in [0.2, 0.25) is 0 Å². The first-order valence-corrected chi connectivity index (χ1v) is 6.91. The molecule has 0 aliphatic carbocycles. The van der Waals surface area contributed by atoms with Gasteiger partial charge in [0.1, 0.15) is 0 Å². The van der Waals surface area contributed by atoms with E-state index in [1.54, 1.807) is 14.2 Å². The second-order valence-electron chi connectivity index (χ2n) is 5.01. The third kappa shape index (κ3) is 5.04. The normalized spacial score (nSPS) is 12.7. The van der Waals surface area contributed by atoms with Gasteiger partial charge in [0.05, 0.1) is 19.8 Å². The fourth-order valence-electron chi connectivity index (χ4n) is 2.17. The van der Waals surface area contributed by atoms with Crippen LogP contribution in [0.4, 0.5) is 0 Å². The van der Waals surface area contributed by atoms with Crippen LogP contribution in [0.15, 0.2) is 24.3 Å². The Labute approximate surface area is 121 Å². The first kappa shape index (κ1) is 16.8. The molecule has 0 aliphatic heterocycles. The molecule has 20 heavy (non-hydrogen) atoms. The van der Waals surface area contributed by atoms with E-state index in [2.05, 4.69) is 11.8 Å². The average Bonchev–Trinajstić information content (AvgIpc) is 2.43. The molecule has 0 amide bonds. The Morgan fingerprint density at radius 1 is 1.25 bits per heavy atom. The van der Waals surface area contributed by atoms with Gasteiger partial charge in [0.25, 0.3) is 0 Å². The van der Waals surface area contributed by atoms with Gasteiger partial charge in [-0.3, -0.25) is 9.69 Å². The number of benzene rings is 1. The maximum atomic E-state index is 12.4. The van der Waals surface area contributed by atoms with Crippen molar-refractivity contribution < 1.29 is 14.3 Å². The van der Waals surface area contributed by atoms with Crippen molar-refractivity contribution in [1.82, 2.24) is 4.90 Å². The highest BCUT2D eigenvalue weighted by molar-refractivity contribution is 5.98. The Morgan fingerprint density at radius 2 is 1.95 bits per heavy atom. The number of hydrogen-bond donors (Lipinski definition) is 0. The van der Waals surface area contributed by atoms with Crippen molar-refractivity contribution in [2.45, 2.75) is 19.9 Å². The first-order chi connectivity index (χ1) is 9.60. The molecule has 4 nitrogen and oxygen atoms in total. The predicted octanol–water partition coefficient (Wildman–Crippen LogP) is 2.16. The number of Topliss-reactive ketones (excluding diaryl/α,β-unsaturated/α-hetero) is 1. The van der Waals surface area contributed by atoms with Crippen molar-refractivity contribution in [3.63, 3.8) is 0 Å². The van der Waals surface area contributed by atoms with E-state index >= 15 is 0 Å². The summed E-state index contributed by atoms with van der Waals surface area (Å²) in [5.74, 6) is 0.141. The van der Waals surface area contributed by atoms with Gasteiger partial charge >= 0.3 is 0 Å². The van der Waals surface area contributed by atoms with Crippen molar-refractivity contribution >= 4 is 5.78 Å². The van der Waals surface area contributed by atoms with Gasteiger partial charge in [0.2, 0.25) is 0 Å². The van der Waals surface area contributed by atoms with Gasteiger partial charge in [-0.2, -0.15) is 0 Å². The maximum absolute atomic E-state index is 12.4. The Hall–Kier alpha value is -1.23. The minimum absolute atomic E-state index is 0.141. The molecule has 0 saturated heterocycles.